The Morgan fingerprint density at radius 1 is 1.33 bits per heavy atom. The van der Waals surface area contributed by atoms with E-state index in [0.717, 1.165) is 12.8 Å². The van der Waals surface area contributed by atoms with Crippen molar-refractivity contribution in [1.29, 1.82) is 0 Å². The largest absolute Gasteiger partial charge is 0.350 e. The summed E-state index contributed by atoms with van der Waals surface area (Å²) in [5.41, 5.74) is -0.0338. The average Bonchev–Trinajstić information content (AvgIpc) is 2.05. The van der Waals surface area contributed by atoms with Crippen LogP contribution in [0.25, 0.3) is 0 Å². The van der Waals surface area contributed by atoms with Gasteiger partial charge in [-0.1, -0.05) is 13.8 Å². The topological polar surface area (TPSA) is 41.1 Å². The van der Waals surface area contributed by atoms with Gasteiger partial charge in [-0.15, -0.1) is 0 Å². The third-order valence-corrected chi connectivity index (χ3v) is 2.34. The first-order valence-corrected chi connectivity index (χ1v) is 4.53. The summed E-state index contributed by atoms with van der Waals surface area (Å²) in [6.07, 6.45) is 1.94. The van der Waals surface area contributed by atoms with Crippen molar-refractivity contribution in [3.05, 3.63) is 0 Å². The molecule has 0 aliphatic carbocycles. The molecule has 3 heteroatoms. The highest BCUT2D eigenvalue weighted by Gasteiger charge is 2.20. The summed E-state index contributed by atoms with van der Waals surface area (Å²) in [7, 11) is 1.77. The van der Waals surface area contributed by atoms with Crippen molar-refractivity contribution in [3.63, 3.8) is 0 Å². The lowest BCUT2D eigenvalue weighted by atomic mass is 9.95. The van der Waals surface area contributed by atoms with Crippen molar-refractivity contribution in [2.45, 2.75) is 39.2 Å². The van der Waals surface area contributed by atoms with E-state index in [9.17, 15) is 4.79 Å². The van der Waals surface area contributed by atoms with E-state index in [2.05, 4.69) is 31.4 Å². The van der Waals surface area contributed by atoms with Gasteiger partial charge in [0.1, 0.15) is 0 Å². The Kier molecular flexibility index (Phi) is 4.90. The molecule has 0 atom stereocenters. The Bertz CT molecular complexity index is 141. The summed E-state index contributed by atoms with van der Waals surface area (Å²) < 4.78 is 0. The predicted molar refractivity (Wildman–Crippen MR) is 51.1 cm³/mol. The summed E-state index contributed by atoms with van der Waals surface area (Å²) in [5.74, 6) is 0.0729. The molecule has 0 fully saturated rings. The first-order valence-electron chi connectivity index (χ1n) is 4.53. The number of likely N-dealkylation sites (N-methyl/N-ethyl adjacent to an activating group) is 1. The Morgan fingerprint density at radius 3 is 2.17 bits per heavy atom. The van der Waals surface area contributed by atoms with Gasteiger partial charge in [0.05, 0.1) is 6.54 Å². The second-order valence-corrected chi connectivity index (χ2v) is 3.35. The highest BCUT2D eigenvalue weighted by atomic mass is 16.2. The van der Waals surface area contributed by atoms with Gasteiger partial charge in [-0.2, -0.15) is 0 Å². The van der Waals surface area contributed by atoms with Gasteiger partial charge in [0.15, 0.2) is 0 Å². The SMILES string of the molecule is CCC(C)(CC)NC(=O)CNC. The lowest BCUT2D eigenvalue weighted by Gasteiger charge is -2.28. The molecule has 0 aromatic carbocycles. The third kappa shape index (κ3) is 3.72. The van der Waals surface area contributed by atoms with E-state index in [-0.39, 0.29) is 11.4 Å². The Hall–Kier alpha value is -0.570. The van der Waals surface area contributed by atoms with Crippen LogP contribution in [0.2, 0.25) is 0 Å². The van der Waals surface area contributed by atoms with Gasteiger partial charge >= 0.3 is 0 Å². The lowest BCUT2D eigenvalue weighted by molar-refractivity contribution is -0.122. The van der Waals surface area contributed by atoms with Gasteiger partial charge in [-0.25, -0.2) is 0 Å². The molecule has 2 N–H and O–H groups in total. The minimum atomic E-state index is -0.0338. The first kappa shape index (κ1) is 11.4. The molecule has 0 aliphatic rings. The molecule has 0 radical (unpaired) electrons. The average molecular weight is 172 g/mol. The number of amides is 1. The van der Waals surface area contributed by atoms with Crippen LogP contribution in [0.15, 0.2) is 0 Å². The monoisotopic (exact) mass is 172 g/mol. The maximum absolute atomic E-state index is 11.2. The number of nitrogens with one attached hydrogen (secondary N) is 2. The van der Waals surface area contributed by atoms with Crippen molar-refractivity contribution < 1.29 is 4.79 Å². The van der Waals surface area contributed by atoms with Crippen LogP contribution < -0.4 is 10.6 Å². The maximum atomic E-state index is 11.2. The zero-order valence-electron chi connectivity index (χ0n) is 8.53. The molecule has 0 spiro atoms. The first-order chi connectivity index (χ1) is 5.58. The molecule has 0 saturated heterocycles. The molecule has 0 bridgehead atoms. The van der Waals surface area contributed by atoms with Crippen LogP contribution >= 0.6 is 0 Å². The van der Waals surface area contributed by atoms with Crippen molar-refractivity contribution >= 4 is 5.91 Å². The summed E-state index contributed by atoms with van der Waals surface area (Å²) in [6.45, 7) is 6.64. The Morgan fingerprint density at radius 2 is 1.83 bits per heavy atom. The Balaban J connectivity index is 3.93. The quantitative estimate of drug-likeness (QED) is 0.647. The van der Waals surface area contributed by atoms with Crippen molar-refractivity contribution in [2.24, 2.45) is 0 Å². The zero-order chi connectivity index (χ0) is 9.61. The normalized spacial score (nSPS) is 11.3. The fourth-order valence-electron chi connectivity index (χ4n) is 0.968. The van der Waals surface area contributed by atoms with E-state index >= 15 is 0 Å². The maximum Gasteiger partial charge on any atom is 0.234 e. The predicted octanol–water partition coefficient (Wildman–Crippen LogP) is 0.901. The molecule has 3 nitrogen and oxygen atoms in total. The number of hydrogen-bond donors (Lipinski definition) is 2. The number of carbonyl (C=O) groups is 1. The fraction of sp³-hybridized carbons (Fsp3) is 0.889. The molecular weight excluding hydrogens is 152 g/mol. The molecule has 0 saturated carbocycles. The van der Waals surface area contributed by atoms with Crippen molar-refractivity contribution in [1.82, 2.24) is 10.6 Å². The Labute approximate surface area is 74.9 Å². The van der Waals surface area contributed by atoms with E-state index in [1.807, 2.05) is 0 Å². The van der Waals surface area contributed by atoms with Crippen LogP contribution in [0.3, 0.4) is 0 Å². The summed E-state index contributed by atoms with van der Waals surface area (Å²) in [6, 6.07) is 0. The molecule has 0 unspecified atom stereocenters. The van der Waals surface area contributed by atoms with Crippen LogP contribution in [0.5, 0.6) is 0 Å². The minimum Gasteiger partial charge on any atom is -0.350 e. The molecule has 0 rings (SSSR count). The number of hydrogen-bond acceptors (Lipinski definition) is 2. The van der Waals surface area contributed by atoms with Gasteiger partial charge in [-0.3, -0.25) is 4.79 Å². The second kappa shape index (κ2) is 5.14. The van der Waals surface area contributed by atoms with Crippen molar-refractivity contribution in [2.75, 3.05) is 13.6 Å². The van der Waals surface area contributed by atoms with Crippen LogP contribution in [-0.2, 0) is 4.79 Å². The van der Waals surface area contributed by atoms with Crippen LogP contribution in [-0.4, -0.2) is 25.0 Å². The van der Waals surface area contributed by atoms with Gasteiger partial charge in [0, 0.05) is 5.54 Å². The molecule has 0 aromatic heterocycles. The minimum absolute atomic E-state index is 0.0338. The molecule has 72 valence electrons. The molecule has 1 amide bonds. The fourth-order valence-corrected chi connectivity index (χ4v) is 0.968. The molecule has 0 aliphatic heterocycles. The van der Waals surface area contributed by atoms with E-state index in [1.165, 1.54) is 0 Å². The standard InChI is InChI=1S/C9H20N2O/c1-5-9(3,6-2)11-8(12)7-10-4/h10H,5-7H2,1-4H3,(H,11,12). The van der Waals surface area contributed by atoms with Crippen molar-refractivity contribution in [3.8, 4) is 0 Å². The van der Waals surface area contributed by atoms with Crippen LogP contribution in [0.1, 0.15) is 33.6 Å². The molecular formula is C9H20N2O. The summed E-state index contributed by atoms with van der Waals surface area (Å²) >= 11 is 0. The molecule has 0 heterocycles. The van der Waals surface area contributed by atoms with Gasteiger partial charge in [0.2, 0.25) is 5.91 Å². The molecule has 0 aromatic rings. The zero-order valence-corrected chi connectivity index (χ0v) is 8.53. The van der Waals surface area contributed by atoms with Gasteiger partial charge in [-0.05, 0) is 26.8 Å². The van der Waals surface area contributed by atoms with Crippen LogP contribution in [0, 0.1) is 0 Å². The van der Waals surface area contributed by atoms with E-state index in [4.69, 9.17) is 0 Å². The van der Waals surface area contributed by atoms with Crippen LogP contribution in [0.4, 0.5) is 0 Å². The summed E-state index contributed by atoms with van der Waals surface area (Å²) in [4.78, 5) is 11.2. The second-order valence-electron chi connectivity index (χ2n) is 3.35. The molecule has 12 heavy (non-hydrogen) atoms. The summed E-state index contributed by atoms with van der Waals surface area (Å²) in [5, 5.41) is 5.82. The van der Waals surface area contributed by atoms with E-state index in [1.54, 1.807) is 7.05 Å². The third-order valence-electron chi connectivity index (χ3n) is 2.34. The number of carbonyl (C=O) groups excluding carboxylic acids is 1. The lowest BCUT2D eigenvalue weighted by Crippen LogP contribution is -2.47. The van der Waals surface area contributed by atoms with E-state index < -0.39 is 0 Å². The van der Waals surface area contributed by atoms with E-state index in [0.29, 0.717) is 6.54 Å². The highest BCUT2D eigenvalue weighted by Crippen LogP contribution is 2.12. The van der Waals surface area contributed by atoms with Gasteiger partial charge < -0.3 is 10.6 Å². The smallest absolute Gasteiger partial charge is 0.234 e. The van der Waals surface area contributed by atoms with Gasteiger partial charge in [0.25, 0.3) is 0 Å². The highest BCUT2D eigenvalue weighted by molar-refractivity contribution is 5.78. The number of rotatable bonds is 5.